The summed E-state index contributed by atoms with van der Waals surface area (Å²) in [6.07, 6.45) is -0.229. The number of aromatic nitrogens is 3. The molecule has 1 heterocycles. The SMILES string of the molecule is CC(C)Oc1ccc(Nc2nc(=O)n(CC(C)(C)C(=O)O)c(=O)n2[C@H](C)c2ccc(Cl)cc2)cc1F. The molecule has 0 spiro atoms. The molecule has 0 unspecified atom stereocenters. The molecule has 0 saturated carbocycles. The van der Waals surface area contributed by atoms with E-state index in [1.165, 1.54) is 36.6 Å². The van der Waals surface area contributed by atoms with Gasteiger partial charge >= 0.3 is 17.3 Å². The monoisotopic (exact) mass is 518 g/mol. The van der Waals surface area contributed by atoms with Crippen LogP contribution in [-0.4, -0.2) is 31.3 Å². The van der Waals surface area contributed by atoms with Gasteiger partial charge in [-0.15, -0.1) is 0 Å². The fraction of sp³-hybridized carbons (Fsp3) is 0.360. The lowest BCUT2D eigenvalue weighted by molar-refractivity contribution is -0.147. The normalized spacial score (nSPS) is 12.4. The van der Waals surface area contributed by atoms with Crippen molar-refractivity contribution in [2.45, 2.75) is 53.3 Å². The highest BCUT2D eigenvalue weighted by molar-refractivity contribution is 6.30. The first-order valence-electron chi connectivity index (χ1n) is 11.3. The van der Waals surface area contributed by atoms with Gasteiger partial charge in [0.25, 0.3) is 0 Å². The molecule has 36 heavy (non-hydrogen) atoms. The van der Waals surface area contributed by atoms with E-state index in [2.05, 4.69) is 10.3 Å². The van der Waals surface area contributed by atoms with Crippen LogP contribution >= 0.6 is 11.6 Å². The molecule has 1 aromatic heterocycles. The Morgan fingerprint density at radius 2 is 1.81 bits per heavy atom. The topological polar surface area (TPSA) is 115 Å². The number of rotatable bonds is 9. The maximum atomic E-state index is 14.6. The van der Waals surface area contributed by atoms with Crippen LogP contribution in [0.15, 0.2) is 52.1 Å². The van der Waals surface area contributed by atoms with Crippen molar-refractivity contribution >= 4 is 29.2 Å². The first kappa shape index (κ1) is 26.9. The summed E-state index contributed by atoms with van der Waals surface area (Å²) < 4.78 is 22.0. The van der Waals surface area contributed by atoms with E-state index in [1.807, 2.05) is 0 Å². The molecule has 0 amide bonds. The van der Waals surface area contributed by atoms with E-state index >= 15 is 0 Å². The Hall–Kier alpha value is -3.66. The zero-order chi connectivity index (χ0) is 26.8. The van der Waals surface area contributed by atoms with Crippen LogP contribution in [0.2, 0.25) is 5.02 Å². The Labute approximate surface area is 212 Å². The van der Waals surface area contributed by atoms with Crippen molar-refractivity contribution in [3.8, 4) is 5.75 Å². The summed E-state index contributed by atoms with van der Waals surface area (Å²) in [5.74, 6) is -1.88. The molecule has 2 aromatic carbocycles. The Balaban J connectivity index is 2.14. The molecule has 3 aromatic rings. The molecule has 11 heteroatoms. The van der Waals surface area contributed by atoms with E-state index in [0.717, 1.165) is 4.57 Å². The summed E-state index contributed by atoms with van der Waals surface area (Å²) in [5.41, 5.74) is -2.20. The van der Waals surface area contributed by atoms with Crippen LogP contribution in [-0.2, 0) is 11.3 Å². The second-order valence-corrected chi connectivity index (χ2v) is 9.75. The van der Waals surface area contributed by atoms with Crippen LogP contribution in [0.25, 0.3) is 0 Å². The minimum atomic E-state index is -1.41. The minimum Gasteiger partial charge on any atom is -0.488 e. The third-order valence-electron chi connectivity index (χ3n) is 5.52. The number of hydrogen-bond donors (Lipinski definition) is 2. The lowest BCUT2D eigenvalue weighted by atomic mass is 9.94. The van der Waals surface area contributed by atoms with Gasteiger partial charge in [0.05, 0.1) is 17.6 Å². The van der Waals surface area contributed by atoms with Gasteiger partial charge in [0, 0.05) is 23.3 Å². The molecule has 9 nitrogen and oxygen atoms in total. The van der Waals surface area contributed by atoms with Gasteiger partial charge in [0.1, 0.15) is 0 Å². The van der Waals surface area contributed by atoms with Gasteiger partial charge in [-0.2, -0.15) is 4.98 Å². The summed E-state index contributed by atoms with van der Waals surface area (Å²) in [6, 6.07) is 10.2. The summed E-state index contributed by atoms with van der Waals surface area (Å²) in [7, 11) is 0. The van der Waals surface area contributed by atoms with Gasteiger partial charge in [-0.1, -0.05) is 23.7 Å². The molecule has 1 atom stereocenters. The van der Waals surface area contributed by atoms with Gasteiger partial charge in [0.15, 0.2) is 11.6 Å². The second kappa shape index (κ2) is 10.5. The molecule has 0 aliphatic heterocycles. The number of carboxylic acids is 1. The van der Waals surface area contributed by atoms with Crippen LogP contribution in [0.4, 0.5) is 16.0 Å². The molecule has 0 saturated heterocycles. The smallest absolute Gasteiger partial charge is 0.354 e. The zero-order valence-electron chi connectivity index (χ0n) is 20.6. The van der Waals surface area contributed by atoms with E-state index in [-0.39, 0.29) is 23.5 Å². The highest BCUT2D eigenvalue weighted by Crippen LogP contribution is 2.26. The molecule has 192 valence electrons. The molecule has 0 radical (unpaired) electrons. The fourth-order valence-corrected chi connectivity index (χ4v) is 3.62. The summed E-state index contributed by atoms with van der Waals surface area (Å²) in [6.45, 7) is 7.68. The van der Waals surface area contributed by atoms with E-state index in [0.29, 0.717) is 10.6 Å². The number of nitrogens with one attached hydrogen (secondary N) is 1. The van der Waals surface area contributed by atoms with Gasteiger partial charge in [-0.05, 0) is 64.4 Å². The van der Waals surface area contributed by atoms with E-state index in [9.17, 15) is 23.9 Å². The number of halogens is 2. The summed E-state index contributed by atoms with van der Waals surface area (Å²) >= 11 is 6.00. The molecule has 0 fully saturated rings. The number of carbonyl (C=O) groups is 1. The number of nitrogens with zero attached hydrogens (tertiary/aromatic N) is 3. The van der Waals surface area contributed by atoms with Crippen LogP contribution in [0.1, 0.15) is 46.2 Å². The van der Waals surface area contributed by atoms with Crippen molar-refractivity contribution in [2.24, 2.45) is 5.41 Å². The minimum absolute atomic E-state index is 0.0572. The number of hydrogen-bond acceptors (Lipinski definition) is 6. The van der Waals surface area contributed by atoms with Crippen molar-refractivity contribution in [1.82, 2.24) is 14.1 Å². The van der Waals surface area contributed by atoms with Crippen molar-refractivity contribution < 1.29 is 19.0 Å². The molecule has 0 aliphatic carbocycles. The standard InChI is InChI=1S/C25H28ClFN4O5/c1-14(2)36-20-11-10-18(12-19(20)27)28-22-29-23(34)30(13-25(4,5)21(32)33)24(35)31(22)15(3)16-6-8-17(26)9-7-16/h6-12,14-15H,13H2,1-5H3,(H,32,33)(H,28,29,34)/t15-/m1/s1. The van der Waals surface area contributed by atoms with E-state index in [4.69, 9.17) is 16.3 Å². The number of carboxylic acid groups (broad SMARTS) is 1. The molecule has 2 N–H and O–H groups in total. The van der Waals surface area contributed by atoms with Crippen molar-refractivity contribution in [3.05, 3.63) is 79.8 Å². The average molecular weight is 519 g/mol. The lowest BCUT2D eigenvalue weighted by Crippen LogP contribution is -2.47. The first-order valence-corrected chi connectivity index (χ1v) is 11.6. The van der Waals surface area contributed by atoms with Gasteiger partial charge < -0.3 is 15.2 Å². The molecular formula is C25H28ClFN4O5. The molecule has 3 rings (SSSR count). The van der Waals surface area contributed by atoms with Crippen LogP contribution in [0.3, 0.4) is 0 Å². The maximum absolute atomic E-state index is 14.6. The van der Waals surface area contributed by atoms with Gasteiger partial charge in [-0.3, -0.25) is 9.36 Å². The molecule has 0 aliphatic rings. The lowest BCUT2D eigenvalue weighted by Gasteiger charge is -2.24. The van der Waals surface area contributed by atoms with Crippen molar-refractivity contribution in [2.75, 3.05) is 5.32 Å². The third kappa shape index (κ3) is 5.93. The quantitative estimate of drug-likeness (QED) is 0.430. The van der Waals surface area contributed by atoms with Crippen LogP contribution in [0.5, 0.6) is 5.75 Å². The summed E-state index contributed by atoms with van der Waals surface area (Å²) in [5, 5.41) is 12.9. The largest absolute Gasteiger partial charge is 0.488 e. The first-order chi connectivity index (χ1) is 16.8. The number of aliphatic carboxylic acids is 1. The highest BCUT2D eigenvalue weighted by Gasteiger charge is 2.30. The van der Waals surface area contributed by atoms with Crippen molar-refractivity contribution in [3.63, 3.8) is 0 Å². The fourth-order valence-electron chi connectivity index (χ4n) is 3.49. The Kier molecular flexibility index (Phi) is 7.88. The molecule has 0 bridgehead atoms. The predicted molar refractivity (Wildman–Crippen MR) is 135 cm³/mol. The van der Waals surface area contributed by atoms with E-state index in [1.54, 1.807) is 45.0 Å². The van der Waals surface area contributed by atoms with E-state index < -0.39 is 41.2 Å². The van der Waals surface area contributed by atoms with Crippen LogP contribution < -0.4 is 21.4 Å². The molecular weight excluding hydrogens is 491 g/mol. The Morgan fingerprint density at radius 1 is 1.17 bits per heavy atom. The van der Waals surface area contributed by atoms with Crippen LogP contribution in [0, 0.1) is 11.2 Å². The maximum Gasteiger partial charge on any atom is 0.354 e. The second-order valence-electron chi connectivity index (χ2n) is 9.31. The Morgan fingerprint density at radius 3 is 2.36 bits per heavy atom. The zero-order valence-corrected chi connectivity index (χ0v) is 21.3. The number of ether oxygens (including phenoxy) is 1. The van der Waals surface area contributed by atoms with Crippen molar-refractivity contribution in [1.29, 1.82) is 0 Å². The Bertz CT molecular complexity index is 1380. The summed E-state index contributed by atoms with van der Waals surface area (Å²) in [4.78, 5) is 42.1. The van der Waals surface area contributed by atoms with Gasteiger partial charge in [0.2, 0.25) is 5.95 Å². The van der Waals surface area contributed by atoms with Gasteiger partial charge in [-0.25, -0.2) is 18.5 Å². The predicted octanol–water partition coefficient (Wildman–Crippen LogP) is 4.45. The average Bonchev–Trinajstić information content (AvgIpc) is 2.78. The number of anilines is 2. The third-order valence-corrected chi connectivity index (χ3v) is 5.77. The highest BCUT2D eigenvalue weighted by atomic mass is 35.5. The number of benzene rings is 2.